The number of benzene rings is 2. The third-order valence-electron chi connectivity index (χ3n) is 4.88. The molecule has 156 valence electrons. The van der Waals surface area contributed by atoms with Gasteiger partial charge in [-0.1, -0.05) is 48.5 Å². The van der Waals surface area contributed by atoms with Crippen LogP contribution >= 0.6 is 24.0 Å². The van der Waals surface area contributed by atoms with Gasteiger partial charge >= 0.3 is 0 Å². The fourth-order valence-corrected chi connectivity index (χ4v) is 3.32. The molecule has 0 atom stereocenters. The number of para-hydroxylation sites is 1. The van der Waals surface area contributed by atoms with Crippen molar-refractivity contribution >= 4 is 41.5 Å². The summed E-state index contributed by atoms with van der Waals surface area (Å²) in [5.74, 6) is 0.907. The van der Waals surface area contributed by atoms with E-state index in [2.05, 4.69) is 49.7 Å². The van der Waals surface area contributed by atoms with E-state index in [-0.39, 0.29) is 29.9 Å². The van der Waals surface area contributed by atoms with Gasteiger partial charge in [-0.05, 0) is 17.7 Å². The maximum atomic E-state index is 12.1. The van der Waals surface area contributed by atoms with Gasteiger partial charge in [0.25, 0.3) is 0 Å². The van der Waals surface area contributed by atoms with Gasteiger partial charge in [-0.25, -0.2) is 0 Å². The van der Waals surface area contributed by atoms with E-state index >= 15 is 0 Å². The lowest BCUT2D eigenvalue weighted by Gasteiger charge is -2.37. The minimum atomic E-state index is 0. The second kappa shape index (κ2) is 12.3. The molecule has 1 saturated heterocycles. The summed E-state index contributed by atoms with van der Waals surface area (Å²) in [5.41, 5.74) is 2.37. The molecule has 1 aliphatic heterocycles. The summed E-state index contributed by atoms with van der Waals surface area (Å²) < 4.78 is 0. The Morgan fingerprint density at radius 2 is 1.55 bits per heavy atom. The Kier molecular flexibility index (Phi) is 9.76. The average Bonchev–Trinajstić information content (AvgIpc) is 2.77. The highest BCUT2D eigenvalue weighted by molar-refractivity contribution is 14.0. The van der Waals surface area contributed by atoms with Crippen molar-refractivity contribution in [3.05, 3.63) is 66.2 Å². The summed E-state index contributed by atoms with van der Waals surface area (Å²) in [7, 11) is 1.79. The van der Waals surface area contributed by atoms with Crippen molar-refractivity contribution in [3.8, 4) is 0 Å². The molecule has 2 N–H and O–H groups in total. The first-order valence-corrected chi connectivity index (χ1v) is 9.82. The van der Waals surface area contributed by atoms with Crippen LogP contribution in [0.25, 0.3) is 0 Å². The summed E-state index contributed by atoms with van der Waals surface area (Å²) >= 11 is 0. The highest BCUT2D eigenvalue weighted by atomic mass is 127. The minimum Gasteiger partial charge on any atom is -0.368 e. The van der Waals surface area contributed by atoms with E-state index in [1.54, 1.807) is 7.05 Å². The number of rotatable bonds is 6. The first-order chi connectivity index (χ1) is 13.8. The van der Waals surface area contributed by atoms with Crippen LogP contribution in [0.2, 0.25) is 0 Å². The van der Waals surface area contributed by atoms with Gasteiger partial charge in [-0.3, -0.25) is 9.79 Å². The molecule has 29 heavy (non-hydrogen) atoms. The maximum absolute atomic E-state index is 12.1. The molecule has 1 heterocycles. The van der Waals surface area contributed by atoms with Crippen LogP contribution < -0.4 is 15.5 Å². The van der Waals surface area contributed by atoms with E-state index in [0.29, 0.717) is 19.5 Å². The normalized spacial score (nSPS) is 14.2. The summed E-state index contributed by atoms with van der Waals surface area (Å²) in [6.07, 6.45) is 0.426. The predicted octanol–water partition coefficient (Wildman–Crippen LogP) is 2.71. The van der Waals surface area contributed by atoms with E-state index in [1.807, 2.05) is 36.4 Å². The molecule has 0 bridgehead atoms. The number of hydrogen-bond acceptors (Lipinski definition) is 3. The number of aliphatic imine (C=N–C) groups is 1. The predicted molar refractivity (Wildman–Crippen MR) is 130 cm³/mol. The first kappa shape index (κ1) is 23.0. The molecule has 0 aromatic heterocycles. The SMILES string of the molecule is CN=C(NCCC(=O)NCc1ccccc1)N1CCN(c2ccccc2)CC1.I. The van der Waals surface area contributed by atoms with Gasteiger partial charge in [-0.2, -0.15) is 0 Å². The van der Waals surface area contributed by atoms with Crippen LogP contribution in [0.5, 0.6) is 0 Å². The lowest BCUT2D eigenvalue weighted by atomic mass is 10.2. The summed E-state index contributed by atoms with van der Waals surface area (Å²) in [4.78, 5) is 21.1. The highest BCUT2D eigenvalue weighted by Gasteiger charge is 2.19. The number of nitrogens with zero attached hydrogens (tertiary/aromatic N) is 3. The molecule has 0 radical (unpaired) electrons. The number of halogens is 1. The lowest BCUT2D eigenvalue weighted by molar-refractivity contribution is -0.121. The van der Waals surface area contributed by atoms with E-state index in [0.717, 1.165) is 37.7 Å². The van der Waals surface area contributed by atoms with Crippen LogP contribution in [0.4, 0.5) is 5.69 Å². The zero-order valence-electron chi connectivity index (χ0n) is 16.9. The van der Waals surface area contributed by atoms with Crippen molar-refractivity contribution in [2.75, 3.05) is 44.7 Å². The van der Waals surface area contributed by atoms with Gasteiger partial charge in [0.2, 0.25) is 5.91 Å². The average molecular weight is 507 g/mol. The molecule has 2 aromatic carbocycles. The van der Waals surface area contributed by atoms with E-state index in [9.17, 15) is 4.79 Å². The van der Waals surface area contributed by atoms with Gasteiger partial charge in [0.05, 0.1) is 0 Å². The number of carbonyl (C=O) groups excluding carboxylic acids is 1. The number of hydrogen-bond donors (Lipinski definition) is 2. The Labute approximate surface area is 190 Å². The number of anilines is 1. The molecule has 2 aromatic rings. The summed E-state index contributed by atoms with van der Waals surface area (Å²) in [5, 5.41) is 6.27. The molecule has 1 amide bonds. The van der Waals surface area contributed by atoms with Gasteiger partial charge < -0.3 is 20.4 Å². The number of carbonyl (C=O) groups is 1. The van der Waals surface area contributed by atoms with Crippen molar-refractivity contribution in [2.24, 2.45) is 4.99 Å². The Morgan fingerprint density at radius 1 is 0.931 bits per heavy atom. The smallest absolute Gasteiger partial charge is 0.222 e. The van der Waals surface area contributed by atoms with Crippen LogP contribution in [0.1, 0.15) is 12.0 Å². The van der Waals surface area contributed by atoms with Gasteiger partial charge in [0.1, 0.15) is 0 Å². The largest absolute Gasteiger partial charge is 0.368 e. The minimum absolute atomic E-state index is 0. The highest BCUT2D eigenvalue weighted by Crippen LogP contribution is 2.15. The molecule has 0 spiro atoms. The Balaban J connectivity index is 0.00000300. The van der Waals surface area contributed by atoms with Crippen molar-refractivity contribution < 1.29 is 4.79 Å². The summed E-state index contributed by atoms with van der Waals surface area (Å²) in [6.45, 7) is 4.89. The third-order valence-corrected chi connectivity index (χ3v) is 4.88. The number of amides is 1. The lowest BCUT2D eigenvalue weighted by Crippen LogP contribution is -2.52. The van der Waals surface area contributed by atoms with Gasteiger partial charge in [0, 0.05) is 58.4 Å². The topological polar surface area (TPSA) is 60.0 Å². The fourth-order valence-electron chi connectivity index (χ4n) is 3.32. The Morgan fingerprint density at radius 3 is 2.17 bits per heavy atom. The molecule has 6 nitrogen and oxygen atoms in total. The molecule has 0 unspecified atom stereocenters. The van der Waals surface area contributed by atoms with Crippen molar-refractivity contribution in [1.82, 2.24) is 15.5 Å². The molecule has 1 aliphatic rings. The number of guanidine groups is 1. The molecule has 0 aliphatic carbocycles. The van der Waals surface area contributed by atoms with Crippen molar-refractivity contribution in [1.29, 1.82) is 0 Å². The fraction of sp³-hybridized carbons (Fsp3) is 0.364. The van der Waals surface area contributed by atoms with Crippen LogP contribution in [-0.4, -0.2) is 56.5 Å². The maximum Gasteiger partial charge on any atom is 0.222 e. The molecule has 1 fully saturated rings. The number of piperazine rings is 1. The monoisotopic (exact) mass is 507 g/mol. The molecule has 7 heteroatoms. The zero-order valence-corrected chi connectivity index (χ0v) is 19.2. The summed E-state index contributed by atoms with van der Waals surface area (Å²) in [6, 6.07) is 20.4. The van der Waals surface area contributed by atoms with Crippen LogP contribution in [-0.2, 0) is 11.3 Å². The second-order valence-corrected chi connectivity index (χ2v) is 6.80. The molecule has 0 saturated carbocycles. The standard InChI is InChI=1S/C22H29N5O.HI/c1-23-22(24-13-12-21(28)25-18-19-8-4-2-5-9-19)27-16-14-26(15-17-27)20-10-6-3-7-11-20;/h2-11H,12-18H2,1H3,(H,23,24)(H,25,28);1H. The second-order valence-electron chi connectivity index (χ2n) is 6.80. The third kappa shape index (κ3) is 7.23. The van der Waals surface area contributed by atoms with E-state index in [4.69, 9.17) is 0 Å². The first-order valence-electron chi connectivity index (χ1n) is 9.82. The van der Waals surface area contributed by atoms with Crippen LogP contribution in [0.15, 0.2) is 65.7 Å². The van der Waals surface area contributed by atoms with Gasteiger partial charge in [0.15, 0.2) is 5.96 Å². The molecule has 3 rings (SSSR count). The van der Waals surface area contributed by atoms with E-state index < -0.39 is 0 Å². The van der Waals surface area contributed by atoms with Crippen LogP contribution in [0.3, 0.4) is 0 Å². The van der Waals surface area contributed by atoms with Crippen LogP contribution in [0, 0.1) is 0 Å². The molecular formula is C22H30IN5O. The van der Waals surface area contributed by atoms with Crippen molar-refractivity contribution in [2.45, 2.75) is 13.0 Å². The van der Waals surface area contributed by atoms with Crippen molar-refractivity contribution in [3.63, 3.8) is 0 Å². The molecular weight excluding hydrogens is 477 g/mol. The Hall–Kier alpha value is -2.29. The quantitative estimate of drug-likeness (QED) is 0.359. The van der Waals surface area contributed by atoms with E-state index in [1.165, 1.54) is 5.69 Å². The van der Waals surface area contributed by atoms with Gasteiger partial charge in [-0.15, -0.1) is 24.0 Å². The Bertz CT molecular complexity index is 761. The zero-order chi connectivity index (χ0) is 19.6. The number of nitrogens with one attached hydrogen (secondary N) is 2.